The Morgan fingerprint density at radius 2 is 1.11 bits per heavy atom. The van der Waals surface area contributed by atoms with Crippen molar-refractivity contribution >= 4 is 43.1 Å². The molecule has 0 N–H and O–H groups in total. The molecule has 0 aliphatic rings. The van der Waals surface area contributed by atoms with Crippen LogP contribution in [0.5, 0.6) is 0 Å². The molecule has 0 saturated heterocycles. The van der Waals surface area contributed by atoms with Gasteiger partial charge in [-0.05, 0) is 0 Å². The molecule has 0 unspecified atom stereocenters. The maximum atomic E-state index is 5.02. The first-order chi connectivity index (χ1) is 3.65. The van der Waals surface area contributed by atoms with E-state index in [0.717, 1.165) is 0 Å². The van der Waals surface area contributed by atoms with E-state index < -0.39 is 16.4 Å². The van der Waals surface area contributed by atoms with Crippen LogP contribution in [0.15, 0.2) is 0 Å². The van der Waals surface area contributed by atoms with Crippen LogP contribution in [0.1, 0.15) is 34.1 Å². The zero-order valence-electron chi connectivity index (χ0n) is 5.13. The molecule has 0 rings (SSSR count). The van der Waals surface area contributed by atoms with Gasteiger partial charge in [-0.1, -0.05) is 34.1 Å². The molecular weight excluding hydrogens is 285 g/mol. The van der Waals surface area contributed by atoms with Gasteiger partial charge in [-0.3, -0.25) is 0 Å². The second-order valence-electron chi connectivity index (χ2n) is 1.25. The standard InChI is InChI=1S/C4H10.CH4.3ClH.Sn.H/c1-3-4-2;;;;;;/h3-4H2,1-2H3;1H4;3*1H;;/q;;;;;+3;/p-3. The summed E-state index contributed by atoms with van der Waals surface area (Å²) in [5.74, 6) is 0. The summed E-state index contributed by atoms with van der Waals surface area (Å²) in [5, 5.41) is 0. The monoisotopic (exact) mass is 300 g/mol. The summed E-state index contributed by atoms with van der Waals surface area (Å²) >= 11 is -2.22. The van der Waals surface area contributed by atoms with Crippen molar-refractivity contribution in [2.45, 2.75) is 34.1 Å². The minimum absolute atomic E-state index is 0. The molecule has 0 spiro atoms. The number of rotatable bonds is 1. The van der Waals surface area contributed by atoms with Crippen LogP contribution in [0.4, 0.5) is 0 Å². The number of hydrogen-bond donors (Lipinski definition) is 0. The summed E-state index contributed by atoms with van der Waals surface area (Å²) in [5.41, 5.74) is 0. The predicted molar refractivity (Wildman–Crippen MR) is 52.0 cm³/mol. The van der Waals surface area contributed by atoms with Crippen molar-refractivity contribution in [3.63, 3.8) is 0 Å². The third-order valence-corrected chi connectivity index (χ3v) is 0.500. The molecule has 0 saturated carbocycles. The van der Waals surface area contributed by atoms with Crippen molar-refractivity contribution in [1.82, 2.24) is 0 Å². The van der Waals surface area contributed by atoms with Gasteiger partial charge in [0.05, 0.1) is 0 Å². The van der Waals surface area contributed by atoms with Gasteiger partial charge in [0.15, 0.2) is 0 Å². The summed E-state index contributed by atoms with van der Waals surface area (Å²) < 4.78 is 0. The Balaban J connectivity index is -0.0000000720. The second-order valence-corrected chi connectivity index (χ2v) is 15.9. The van der Waals surface area contributed by atoms with Gasteiger partial charge < -0.3 is 0 Å². The molecule has 0 aliphatic heterocycles. The van der Waals surface area contributed by atoms with E-state index in [0.29, 0.717) is 0 Å². The third-order valence-electron chi connectivity index (χ3n) is 0.500. The van der Waals surface area contributed by atoms with Crippen LogP contribution in [-0.2, 0) is 0 Å². The molecule has 0 aromatic carbocycles. The molecule has 0 aliphatic carbocycles. The Morgan fingerprint density at radius 3 is 1.11 bits per heavy atom. The van der Waals surface area contributed by atoms with Crippen LogP contribution < -0.4 is 0 Å². The van der Waals surface area contributed by atoms with Crippen molar-refractivity contribution in [3.05, 3.63) is 0 Å². The first kappa shape index (κ1) is 17.0. The van der Waals surface area contributed by atoms with Gasteiger partial charge in [0.2, 0.25) is 0 Å². The Bertz CT molecular complexity index is 28.6. The van der Waals surface area contributed by atoms with Crippen LogP contribution in [-0.4, -0.2) is 16.4 Å². The fourth-order valence-corrected chi connectivity index (χ4v) is 0. The first-order valence-electron chi connectivity index (χ1n) is 2.57. The average Bonchev–Trinajstić information content (AvgIpc) is 1.65. The van der Waals surface area contributed by atoms with Crippen molar-refractivity contribution in [1.29, 1.82) is 0 Å². The van der Waals surface area contributed by atoms with Gasteiger partial charge in [-0.2, -0.15) is 0 Å². The Labute approximate surface area is 76.8 Å². The van der Waals surface area contributed by atoms with E-state index in [2.05, 4.69) is 13.8 Å². The molecule has 0 radical (unpaired) electrons. The van der Waals surface area contributed by atoms with Crippen molar-refractivity contribution in [2.24, 2.45) is 0 Å². The van der Waals surface area contributed by atoms with E-state index >= 15 is 0 Å². The summed E-state index contributed by atoms with van der Waals surface area (Å²) in [7, 11) is 15.0. The molecule has 60 valence electrons. The quantitative estimate of drug-likeness (QED) is 0.645. The molecular formula is C5H15Cl3Sn. The topological polar surface area (TPSA) is 0 Å². The molecule has 0 amide bonds. The van der Waals surface area contributed by atoms with Gasteiger partial charge in [0.1, 0.15) is 0 Å². The normalized spacial score (nSPS) is 7.33. The molecule has 0 bridgehead atoms. The van der Waals surface area contributed by atoms with Crippen molar-refractivity contribution in [3.8, 4) is 0 Å². The van der Waals surface area contributed by atoms with Crippen molar-refractivity contribution < 1.29 is 0 Å². The van der Waals surface area contributed by atoms with Crippen LogP contribution in [0.2, 0.25) is 0 Å². The summed E-state index contributed by atoms with van der Waals surface area (Å²) in [6.45, 7) is 4.36. The van der Waals surface area contributed by atoms with E-state index in [9.17, 15) is 0 Å². The van der Waals surface area contributed by atoms with Gasteiger partial charge >= 0.3 is 43.1 Å². The van der Waals surface area contributed by atoms with E-state index in [1.807, 2.05) is 0 Å². The fourth-order valence-electron chi connectivity index (χ4n) is 0. The van der Waals surface area contributed by atoms with E-state index in [4.69, 9.17) is 26.8 Å². The molecule has 0 heterocycles. The van der Waals surface area contributed by atoms with E-state index in [1.54, 1.807) is 0 Å². The van der Waals surface area contributed by atoms with E-state index in [-0.39, 0.29) is 7.43 Å². The summed E-state index contributed by atoms with van der Waals surface area (Å²) in [6.07, 6.45) is 2.64. The summed E-state index contributed by atoms with van der Waals surface area (Å²) in [4.78, 5) is 0. The SMILES string of the molecule is C.CCCC.[Cl][SnH]([Cl])[Cl]. The first-order valence-corrected chi connectivity index (χ1v) is 15.1. The zero-order chi connectivity index (χ0) is 6.99. The number of halogens is 3. The van der Waals surface area contributed by atoms with Crippen LogP contribution in [0.3, 0.4) is 0 Å². The Morgan fingerprint density at radius 1 is 1.00 bits per heavy atom. The second kappa shape index (κ2) is 16.3. The summed E-state index contributed by atoms with van der Waals surface area (Å²) in [6, 6.07) is 0. The molecule has 0 atom stereocenters. The number of unbranched alkanes of at least 4 members (excludes halogenated alkanes) is 1. The van der Waals surface area contributed by atoms with Crippen LogP contribution >= 0.6 is 26.8 Å². The zero-order valence-corrected chi connectivity index (χ0v) is 10.7. The fraction of sp³-hybridized carbons (Fsp3) is 1.00. The molecule has 0 fully saturated rings. The molecule has 0 aromatic rings. The molecule has 4 heteroatoms. The Kier molecular flexibility index (Phi) is 30.8. The molecule has 9 heavy (non-hydrogen) atoms. The van der Waals surface area contributed by atoms with Crippen molar-refractivity contribution in [2.75, 3.05) is 0 Å². The maximum absolute atomic E-state index is 5.02. The van der Waals surface area contributed by atoms with Gasteiger partial charge in [0.25, 0.3) is 0 Å². The predicted octanol–water partition coefficient (Wildman–Crippen LogP) is 3.86. The van der Waals surface area contributed by atoms with Gasteiger partial charge in [-0.15, -0.1) is 0 Å². The van der Waals surface area contributed by atoms with Gasteiger partial charge in [-0.25, -0.2) is 0 Å². The third kappa shape index (κ3) is 79.8. The minimum atomic E-state index is -2.22. The average molecular weight is 300 g/mol. The van der Waals surface area contributed by atoms with E-state index in [1.165, 1.54) is 12.8 Å². The number of hydrogen-bond acceptors (Lipinski definition) is 0. The molecule has 0 nitrogen and oxygen atoms in total. The molecule has 0 aromatic heterocycles. The van der Waals surface area contributed by atoms with Crippen LogP contribution in [0.25, 0.3) is 0 Å². The Hall–Kier alpha value is 1.67. The van der Waals surface area contributed by atoms with Gasteiger partial charge in [0, 0.05) is 0 Å². The van der Waals surface area contributed by atoms with Crippen LogP contribution in [0, 0.1) is 0 Å².